The average molecular weight is 361 g/mol. The van der Waals surface area contributed by atoms with Crippen LogP contribution in [0, 0.1) is 0 Å². The Morgan fingerprint density at radius 1 is 1.12 bits per heavy atom. The zero-order valence-electron chi connectivity index (χ0n) is 13.7. The summed E-state index contributed by atoms with van der Waals surface area (Å²) >= 11 is 0. The van der Waals surface area contributed by atoms with Gasteiger partial charge >= 0.3 is 5.97 Å². The maximum absolute atomic E-state index is 12.9. The number of rotatable bonds is 5. The number of amides is 1. The Morgan fingerprint density at radius 2 is 1.76 bits per heavy atom. The fraction of sp³-hybridized carbons (Fsp3) is 0.263. The molecule has 5 nitrogen and oxygen atoms in total. The second-order valence-corrected chi connectivity index (χ2v) is 6.09. The lowest BCUT2D eigenvalue weighted by molar-refractivity contribution is -0.137. The normalized spacial score (nSPS) is 16.7. The van der Waals surface area contributed by atoms with Crippen molar-refractivity contribution in [3.63, 3.8) is 0 Å². The Hall–Kier alpha value is -2.37. The third-order valence-corrected chi connectivity index (χ3v) is 4.34. The van der Waals surface area contributed by atoms with Crippen LogP contribution in [0.15, 0.2) is 54.6 Å². The number of carboxylic acid groups (broad SMARTS) is 1. The highest BCUT2D eigenvalue weighted by atomic mass is 35.5. The van der Waals surface area contributed by atoms with Crippen LogP contribution >= 0.6 is 12.4 Å². The van der Waals surface area contributed by atoms with Crippen LogP contribution in [0.25, 0.3) is 0 Å². The average Bonchev–Trinajstić information content (AvgIpc) is 2.92. The van der Waals surface area contributed by atoms with E-state index >= 15 is 0 Å². The maximum Gasteiger partial charge on any atom is 0.305 e. The number of para-hydroxylation sites is 1. The molecule has 3 N–H and O–H groups in total. The lowest BCUT2D eigenvalue weighted by Crippen LogP contribution is -2.48. The molecule has 1 aliphatic rings. The Kier molecular flexibility index (Phi) is 6.17. The third-order valence-electron chi connectivity index (χ3n) is 4.34. The van der Waals surface area contributed by atoms with Gasteiger partial charge in [-0.3, -0.25) is 9.59 Å². The first-order valence-electron chi connectivity index (χ1n) is 7.98. The SMILES string of the molecule is Cl.N[C@@H](Cc1ccccc1)C(=O)N1c2ccccc2C[C@@H]1CC(=O)O. The van der Waals surface area contributed by atoms with Crippen LogP contribution < -0.4 is 10.6 Å². The van der Waals surface area contributed by atoms with Gasteiger partial charge in [0.05, 0.1) is 18.5 Å². The standard InChI is InChI=1S/C19H20N2O3.ClH/c20-16(10-13-6-2-1-3-7-13)19(24)21-15(12-18(22)23)11-14-8-4-5-9-17(14)21;/h1-9,15-16H,10-12,20H2,(H,22,23);1H/t15-,16+;/m1./s1. The van der Waals surface area contributed by atoms with Crippen molar-refractivity contribution in [2.75, 3.05) is 4.90 Å². The highest BCUT2D eigenvalue weighted by Crippen LogP contribution is 2.34. The molecule has 2 aromatic carbocycles. The number of hydrogen-bond donors (Lipinski definition) is 2. The van der Waals surface area contributed by atoms with Gasteiger partial charge in [0.2, 0.25) is 5.91 Å². The van der Waals surface area contributed by atoms with Gasteiger partial charge in [-0.1, -0.05) is 48.5 Å². The van der Waals surface area contributed by atoms with E-state index in [0.29, 0.717) is 12.8 Å². The predicted octanol–water partition coefficient (Wildman–Crippen LogP) is 2.41. The summed E-state index contributed by atoms with van der Waals surface area (Å²) in [5, 5.41) is 9.16. The van der Waals surface area contributed by atoms with Crippen molar-refractivity contribution in [2.24, 2.45) is 5.73 Å². The van der Waals surface area contributed by atoms with Crippen LogP contribution in [0.5, 0.6) is 0 Å². The van der Waals surface area contributed by atoms with E-state index in [4.69, 9.17) is 10.8 Å². The Balaban J connectivity index is 0.00000225. The fourth-order valence-electron chi connectivity index (χ4n) is 3.26. The summed E-state index contributed by atoms with van der Waals surface area (Å²) in [7, 11) is 0. The van der Waals surface area contributed by atoms with E-state index in [1.54, 1.807) is 4.90 Å². The summed E-state index contributed by atoms with van der Waals surface area (Å²) in [4.78, 5) is 25.7. The molecule has 3 rings (SSSR count). The van der Waals surface area contributed by atoms with Gasteiger partial charge in [-0.2, -0.15) is 0 Å². The van der Waals surface area contributed by atoms with Crippen molar-refractivity contribution >= 4 is 30.0 Å². The van der Waals surface area contributed by atoms with Crippen LogP contribution in [0.3, 0.4) is 0 Å². The lowest BCUT2D eigenvalue weighted by Gasteiger charge is -2.27. The number of halogens is 1. The summed E-state index contributed by atoms with van der Waals surface area (Å²) in [6.45, 7) is 0. The zero-order chi connectivity index (χ0) is 17.1. The van der Waals surface area contributed by atoms with E-state index < -0.39 is 12.0 Å². The van der Waals surface area contributed by atoms with E-state index in [0.717, 1.165) is 16.8 Å². The van der Waals surface area contributed by atoms with Crippen LogP contribution in [0.1, 0.15) is 17.5 Å². The fourth-order valence-corrected chi connectivity index (χ4v) is 3.26. The molecule has 0 bridgehead atoms. The number of carbonyl (C=O) groups is 2. The molecule has 132 valence electrons. The molecule has 1 amide bonds. The molecule has 0 saturated carbocycles. The number of nitrogens with two attached hydrogens (primary N) is 1. The summed E-state index contributed by atoms with van der Waals surface area (Å²) in [5.41, 5.74) is 8.89. The first-order chi connectivity index (χ1) is 11.6. The first-order valence-corrected chi connectivity index (χ1v) is 7.98. The van der Waals surface area contributed by atoms with Crippen LogP contribution in [0.2, 0.25) is 0 Å². The van der Waals surface area contributed by atoms with Gasteiger partial charge in [0, 0.05) is 5.69 Å². The van der Waals surface area contributed by atoms with E-state index in [2.05, 4.69) is 0 Å². The van der Waals surface area contributed by atoms with Gasteiger partial charge in [-0.05, 0) is 30.0 Å². The van der Waals surface area contributed by atoms with Crippen LogP contribution in [-0.4, -0.2) is 29.1 Å². The number of benzene rings is 2. The number of hydrogen-bond acceptors (Lipinski definition) is 3. The Bertz CT molecular complexity index is 751. The molecule has 6 heteroatoms. The van der Waals surface area contributed by atoms with E-state index in [1.165, 1.54) is 0 Å². The van der Waals surface area contributed by atoms with Crippen molar-refractivity contribution in [3.05, 3.63) is 65.7 Å². The van der Waals surface area contributed by atoms with Gasteiger partial charge in [0.15, 0.2) is 0 Å². The maximum atomic E-state index is 12.9. The van der Waals surface area contributed by atoms with E-state index in [9.17, 15) is 9.59 Å². The number of nitrogens with zero attached hydrogens (tertiary/aromatic N) is 1. The monoisotopic (exact) mass is 360 g/mol. The molecule has 0 spiro atoms. The van der Waals surface area contributed by atoms with E-state index in [-0.39, 0.29) is 30.8 Å². The zero-order valence-corrected chi connectivity index (χ0v) is 14.5. The third kappa shape index (κ3) is 4.18. The highest BCUT2D eigenvalue weighted by Gasteiger charge is 2.36. The number of aliphatic carboxylic acids is 1. The molecule has 25 heavy (non-hydrogen) atoms. The Labute approximate surface area is 152 Å². The van der Waals surface area contributed by atoms with Crippen molar-refractivity contribution < 1.29 is 14.7 Å². The van der Waals surface area contributed by atoms with E-state index in [1.807, 2.05) is 54.6 Å². The molecule has 1 aliphatic heterocycles. The van der Waals surface area contributed by atoms with Gasteiger partial charge in [-0.25, -0.2) is 0 Å². The molecule has 0 radical (unpaired) electrons. The molecular weight excluding hydrogens is 340 g/mol. The predicted molar refractivity (Wildman–Crippen MR) is 99.0 cm³/mol. The molecule has 1 heterocycles. The minimum Gasteiger partial charge on any atom is -0.481 e. The summed E-state index contributed by atoms with van der Waals surface area (Å²) in [6.07, 6.45) is 0.892. The summed E-state index contributed by atoms with van der Waals surface area (Å²) < 4.78 is 0. The lowest BCUT2D eigenvalue weighted by atomic mass is 10.0. The summed E-state index contributed by atoms with van der Waals surface area (Å²) in [5.74, 6) is -1.14. The first kappa shape index (κ1) is 19.0. The largest absolute Gasteiger partial charge is 0.481 e. The summed E-state index contributed by atoms with van der Waals surface area (Å²) in [6, 6.07) is 16.0. The number of fused-ring (bicyclic) bond motifs is 1. The molecule has 0 unspecified atom stereocenters. The van der Waals surface area contributed by atoms with Gasteiger partial charge in [0.1, 0.15) is 0 Å². The van der Waals surface area contributed by atoms with Gasteiger partial charge in [-0.15, -0.1) is 12.4 Å². The van der Waals surface area contributed by atoms with Gasteiger partial charge < -0.3 is 15.7 Å². The number of carboxylic acids is 1. The smallest absolute Gasteiger partial charge is 0.305 e. The molecule has 2 atom stereocenters. The molecule has 0 saturated heterocycles. The molecular formula is C19H21ClN2O3. The topological polar surface area (TPSA) is 83.6 Å². The molecule has 0 aliphatic carbocycles. The quantitative estimate of drug-likeness (QED) is 0.857. The molecule has 2 aromatic rings. The number of carbonyl (C=O) groups excluding carboxylic acids is 1. The van der Waals surface area contributed by atoms with Crippen molar-refractivity contribution in [2.45, 2.75) is 31.3 Å². The number of anilines is 1. The molecule has 0 aromatic heterocycles. The minimum atomic E-state index is -0.915. The van der Waals surface area contributed by atoms with Crippen molar-refractivity contribution in [3.8, 4) is 0 Å². The second-order valence-electron chi connectivity index (χ2n) is 6.09. The second kappa shape index (κ2) is 8.14. The Morgan fingerprint density at radius 3 is 2.44 bits per heavy atom. The highest BCUT2D eigenvalue weighted by molar-refractivity contribution is 6.00. The van der Waals surface area contributed by atoms with Crippen molar-refractivity contribution in [1.29, 1.82) is 0 Å². The molecule has 0 fully saturated rings. The minimum absolute atomic E-state index is 0. The van der Waals surface area contributed by atoms with Crippen LogP contribution in [0.4, 0.5) is 5.69 Å². The van der Waals surface area contributed by atoms with Crippen molar-refractivity contribution in [1.82, 2.24) is 0 Å². The van der Waals surface area contributed by atoms with Gasteiger partial charge in [0.25, 0.3) is 0 Å². The van der Waals surface area contributed by atoms with Crippen LogP contribution in [-0.2, 0) is 22.4 Å².